The summed E-state index contributed by atoms with van der Waals surface area (Å²) in [6.07, 6.45) is 7.23. The monoisotopic (exact) mass is 213 g/mol. The highest BCUT2D eigenvalue weighted by atomic mass is 16.3. The lowest BCUT2D eigenvalue weighted by Crippen LogP contribution is -2.38. The van der Waals surface area contributed by atoms with Gasteiger partial charge < -0.3 is 15.5 Å². The van der Waals surface area contributed by atoms with Gasteiger partial charge in [0.15, 0.2) is 0 Å². The Labute approximate surface area is 91.9 Å². The van der Waals surface area contributed by atoms with Crippen LogP contribution in [-0.2, 0) is 0 Å². The molecule has 2 rings (SSSR count). The fourth-order valence-corrected chi connectivity index (χ4v) is 2.85. The number of hydrogen-bond acceptors (Lipinski definition) is 3. The van der Waals surface area contributed by atoms with E-state index in [1.807, 2.05) is 0 Å². The fourth-order valence-electron chi connectivity index (χ4n) is 2.85. The van der Waals surface area contributed by atoms with Crippen LogP contribution in [0.25, 0.3) is 0 Å². The zero-order valence-corrected chi connectivity index (χ0v) is 9.36. The number of rotatable bonds is 3. The summed E-state index contributed by atoms with van der Waals surface area (Å²) in [5.41, 5.74) is 0. The van der Waals surface area contributed by atoms with Crippen molar-refractivity contribution >= 4 is 0 Å². The number of aliphatic hydroxyl groups excluding tert-OH is 2. The lowest BCUT2D eigenvalue weighted by Gasteiger charge is -2.28. The first-order chi connectivity index (χ1) is 7.25. The van der Waals surface area contributed by atoms with E-state index < -0.39 is 0 Å². The van der Waals surface area contributed by atoms with Crippen molar-refractivity contribution in [3.05, 3.63) is 0 Å². The fraction of sp³-hybridized carbons (Fsp3) is 1.00. The summed E-state index contributed by atoms with van der Waals surface area (Å²) in [6, 6.07) is 0.571. The van der Waals surface area contributed by atoms with Gasteiger partial charge in [0, 0.05) is 12.6 Å². The molecular weight excluding hydrogens is 190 g/mol. The summed E-state index contributed by atoms with van der Waals surface area (Å²) in [7, 11) is 0. The molecule has 3 heteroatoms. The molecule has 2 saturated carbocycles. The van der Waals surface area contributed by atoms with Gasteiger partial charge >= 0.3 is 0 Å². The molecule has 2 aliphatic rings. The highest BCUT2D eigenvalue weighted by molar-refractivity contribution is 4.82. The first kappa shape index (κ1) is 11.4. The van der Waals surface area contributed by atoms with E-state index in [0.717, 1.165) is 38.6 Å². The van der Waals surface area contributed by atoms with Crippen LogP contribution in [0.3, 0.4) is 0 Å². The molecule has 2 unspecified atom stereocenters. The Morgan fingerprint density at radius 2 is 1.67 bits per heavy atom. The number of nitrogens with one attached hydrogen (secondary N) is 1. The van der Waals surface area contributed by atoms with Gasteiger partial charge in [0.1, 0.15) is 0 Å². The molecule has 3 nitrogen and oxygen atoms in total. The van der Waals surface area contributed by atoms with Crippen molar-refractivity contribution < 1.29 is 10.2 Å². The van der Waals surface area contributed by atoms with E-state index in [9.17, 15) is 10.2 Å². The third-order valence-electron chi connectivity index (χ3n) is 3.98. The third-order valence-corrected chi connectivity index (χ3v) is 3.98. The van der Waals surface area contributed by atoms with E-state index in [1.165, 1.54) is 12.8 Å². The Hall–Kier alpha value is -0.120. The number of aliphatic hydroxyl groups is 2. The topological polar surface area (TPSA) is 52.5 Å². The minimum Gasteiger partial charge on any atom is -0.393 e. The van der Waals surface area contributed by atoms with Crippen molar-refractivity contribution in [1.82, 2.24) is 5.32 Å². The average Bonchev–Trinajstić information content (AvgIpc) is 2.63. The van der Waals surface area contributed by atoms with Crippen LogP contribution in [0.1, 0.15) is 44.9 Å². The molecule has 0 aromatic heterocycles. The molecule has 2 atom stereocenters. The summed E-state index contributed by atoms with van der Waals surface area (Å²) >= 11 is 0. The van der Waals surface area contributed by atoms with E-state index in [0.29, 0.717) is 12.0 Å². The van der Waals surface area contributed by atoms with Crippen LogP contribution in [0.5, 0.6) is 0 Å². The molecule has 0 aromatic rings. The third kappa shape index (κ3) is 3.16. The second kappa shape index (κ2) is 5.28. The Bertz CT molecular complexity index is 190. The summed E-state index contributed by atoms with van der Waals surface area (Å²) in [5.74, 6) is 0.469. The van der Waals surface area contributed by atoms with E-state index in [4.69, 9.17) is 0 Å². The summed E-state index contributed by atoms with van der Waals surface area (Å²) in [6.45, 7) is 0.960. The molecule has 0 heterocycles. The van der Waals surface area contributed by atoms with Crippen LogP contribution >= 0.6 is 0 Å². The summed E-state index contributed by atoms with van der Waals surface area (Å²) in [5, 5.41) is 22.6. The van der Waals surface area contributed by atoms with Crippen molar-refractivity contribution in [2.75, 3.05) is 6.54 Å². The van der Waals surface area contributed by atoms with Crippen LogP contribution in [0.2, 0.25) is 0 Å². The van der Waals surface area contributed by atoms with Crippen LogP contribution in [0.4, 0.5) is 0 Å². The number of hydrogen-bond donors (Lipinski definition) is 3. The Morgan fingerprint density at radius 3 is 2.27 bits per heavy atom. The van der Waals surface area contributed by atoms with Gasteiger partial charge in [0.25, 0.3) is 0 Å². The molecule has 0 spiro atoms. The van der Waals surface area contributed by atoms with E-state index >= 15 is 0 Å². The van der Waals surface area contributed by atoms with E-state index in [2.05, 4.69) is 5.32 Å². The Balaban J connectivity index is 1.65. The zero-order valence-electron chi connectivity index (χ0n) is 9.36. The minimum atomic E-state index is -0.0771. The molecule has 0 aromatic carbocycles. The maximum atomic E-state index is 9.68. The lowest BCUT2D eigenvalue weighted by atomic mass is 9.92. The molecule has 2 aliphatic carbocycles. The average molecular weight is 213 g/mol. The van der Waals surface area contributed by atoms with Gasteiger partial charge in [0.05, 0.1) is 12.2 Å². The first-order valence-corrected chi connectivity index (χ1v) is 6.35. The van der Waals surface area contributed by atoms with Gasteiger partial charge in [-0.15, -0.1) is 0 Å². The zero-order chi connectivity index (χ0) is 10.7. The molecule has 2 fully saturated rings. The molecule has 0 saturated heterocycles. The molecule has 0 aliphatic heterocycles. The second-order valence-corrected chi connectivity index (χ2v) is 5.17. The van der Waals surface area contributed by atoms with Crippen molar-refractivity contribution in [2.45, 2.75) is 63.2 Å². The minimum absolute atomic E-state index is 0.0693. The maximum absolute atomic E-state index is 9.68. The molecule has 88 valence electrons. The normalized spacial score (nSPS) is 42.0. The Morgan fingerprint density at radius 1 is 0.933 bits per heavy atom. The van der Waals surface area contributed by atoms with Crippen molar-refractivity contribution in [3.63, 3.8) is 0 Å². The second-order valence-electron chi connectivity index (χ2n) is 5.17. The van der Waals surface area contributed by atoms with Gasteiger partial charge in [-0.05, 0) is 44.4 Å². The van der Waals surface area contributed by atoms with Crippen LogP contribution in [-0.4, -0.2) is 35.0 Å². The lowest BCUT2D eigenvalue weighted by molar-refractivity contribution is 0.106. The first-order valence-electron chi connectivity index (χ1n) is 6.35. The van der Waals surface area contributed by atoms with Crippen LogP contribution in [0.15, 0.2) is 0 Å². The smallest absolute Gasteiger partial charge is 0.0580 e. The molecule has 3 N–H and O–H groups in total. The molecule has 0 amide bonds. The summed E-state index contributed by atoms with van der Waals surface area (Å²) in [4.78, 5) is 0. The maximum Gasteiger partial charge on any atom is 0.0580 e. The largest absolute Gasteiger partial charge is 0.393 e. The molecule has 0 bridgehead atoms. The SMILES string of the molecule is OC1CCC(NCC2CCCC2O)CC1. The molecule has 0 radical (unpaired) electrons. The standard InChI is InChI=1S/C12H23NO2/c14-11-6-4-10(5-7-11)13-8-9-2-1-3-12(9)15/h9-15H,1-8H2. The quantitative estimate of drug-likeness (QED) is 0.656. The van der Waals surface area contributed by atoms with Crippen molar-refractivity contribution in [1.29, 1.82) is 0 Å². The summed E-state index contributed by atoms with van der Waals surface area (Å²) < 4.78 is 0. The van der Waals surface area contributed by atoms with Crippen LogP contribution in [0, 0.1) is 5.92 Å². The highest BCUT2D eigenvalue weighted by Gasteiger charge is 2.26. The van der Waals surface area contributed by atoms with Gasteiger partial charge in [0.2, 0.25) is 0 Å². The van der Waals surface area contributed by atoms with Crippen molar-refractivity contribution in [3.8, 4) is 0 Å². The predicted molar refractivity (Wildman–Crippen MR) is 59.6 cm³/mol. The van der Waals surface area contributed by atoms with Gasteiger partial charge in [-0.2, -0.15) is 0 Å². The van der Waals surface area contributed by atoms with Crippen molar-refractivity contribution in [2.24, 2.45) is 5.92 Å². The molecular formula is C12H23NO2. The van der Waals surface area contributed by atoms with Gasteiger partial charge in [-0.3, -0.25) is 0 Å². The van der Waals surface area contributed by atoms with Gasteiger partial charge in [-0.25, -0.2) is 0 Å². The highest BCUT2D eigenvalue weighted by Crippen LogP contribution is 2.25. The van der Waals surface area contributed by atoms with E-state index in [-0.39, 0.29) is 12.2 Å². The Kier molecular flexibility index (Phi) is 4.00. The van der Waals surface area contributed by atoms with Gasteiger partial charge in [-0.1, -0.05) is 6.42 Å². The van der Waals surface area contributed by atoms with Crippen LogP contribution < -0.4 is 5.32 Å². The predicted octanol–water partition coefficient (Wildman–Crippen LogP) is 1.04. The van der Waals surface area contributed by atoms with E-state index in [1.54, 1.807) is 0 Å². The molecule has 15 heavy (non-hydrogen) atoms.